The summed E-state index contributed by atoms with van der Waals surface area (Å²) >= 11 is 0. The van der Waals surface area contributed by atoms with Gasteiger partial charge in [-0.3, -0.25) is 0 Å². The lowest BCUT2D eigenvalue weighted by Crippen LogP contribution is -2.50. The average Bonchev–Trinajstić information content (AvgIpc) is 2.28. The van der Waals surface area contributed by atoms with E-state index in [0.717, 1.165) is 0 Å². The summed E-state index contributed by atoms with van der Waals surface area (Å²) in [6.45, 7) is 3.10. The summed E-state index contributed by atoms with van der Waals surface area (Å²) in [5, 5.41) is 9.12. The van der Waals surface area contributed by atoms with E-state index in [9.17, 15) is 0 Å². The second kappa shape index (κ2) is 4.72. The van der Waals surface area contributed by atoms with E-state index in [-0.39, 0.29) is 24.7 Å². The first-order valence-electron chi connectivity index (χ1n) is 5.49. The Labute approximate surface area is 99.4 Å². The van der Waals surface area contributed by atoms with Gasteiger partial charge < -0.3 is 26.2 Å². The van der Waals surface area contributed by atoms with Crippen LogP contribution in [0, 0.1) is 0 Å². The molecule has 2 heterocycles. The molecule has 2 unspecified atom stereocenters. The van der Waals surface area contributed by atoms with Crippen molar-refractivity contribution >= 4 is 17.6 Å². The van der Waals surface area contributed by atoms with Gasteiger partial charge in [0, 0.05) is 12.6 Å². The van der Waals surface area contributed by atoms with E-state index in [0.29, 0.717) is 24.8 Å². The quantitative estimate of drug-likeness (QED) is 0.621. The molecule has 1 aliphatic heterocycles. The van der Waals surface area contributed by atoms with Crippen LogP contribution in [0.1, 0.15) is 6.92 Å². The van der Waals surface area contributed by atoms with Gasteiger partial charge in [0.05, 0.1) is 25.4 Å². The lowest BCUT2D eigenvalue weighted by Gasteiger charge is -2.38. The molecule has 0 amide bonds. The number of hydrogen-bond acceptors (Lipinski definition) is 7. The van der Waals surface area contributed by atoms with Crippen LogP contribution in [0.3, 0.4) is 0 Å². The third-order valence-electron chi connectivity index (χ3n) is 2.75. The number of aliphatic hydroxyl groups excluding tert-OH is 1. The summed E-state index contributed by atoms with van der Waals surface area (Å²) < 4.78 is 5.45. The smallest absolute Gasteiger partial charge is 0.223 e. The van der Waals surface area contributed by atoms with Gasteiger partial charge in [0.15, 0.2) is 0 Å². The molecule has 5 N–H and O–H groups in total. The monoisotopic (exact) mass is 239 g/mol. The number of nitrogen functional groups attached to an aromatic ring is 2. The number of hydrogen-bond donors (Lipinski definition) is 3. The molecule has 1 aliphatic rings. The fraction of sp³-hybridized carbons (Fsp3) is 0.600. The molecule has 1 saturated heterocycles. The maximum atomic E-state index is 9.12. The molecule has 1 aromatic rings. The molecule has 17 heavy (non-hydrogen) atoms. The Morgan fingerprint density at radius 2 is 2.29 bits per heavy atom. The summed E-state index contributed by atoms with van der Waals surface area (Å²) in [7, 11) is 0. The molecule has 0 aliphatic carbocycles. The van der Waals surface area contributed by atoms with Gasteiger partial charge in [0.1, 0.15) is 11.6 Å². The van der Waals surface area contributed by atoms with Gasteiger partial charge in [-0.15, -0.1) is 0 Å². The van der Waals surface area contributed by atoms with Crippen LogP contribution in [0.2, 0.25) is 0 Å². The summed E-state index contributed by atoms with van der Waals surface area (Å²) in [5.74, 6) is 1.16. The van der Waals surface area contributed by atoms with E-state index in [4.69, 9.17) is 21.3 Å². The van der Waals surface area contributed by atoms with Crippen molar-refractivity contribution in [2.75, 3.05) is 36.1 Å². The van der Waals surface area contributed by atoms with Crippen LogP contribution in [-0.2, 0) is 4.74 Å². The first-order valence-corrected chi connectivity index (χ1v) is 5.49. The zero-order valence-electron chi connectivity index (χ0n) is 9.71. The zero-order valence-corrected chi connectivity index (χ0v) is 9.71. The van der Waals surface area contributed by atoms with E-state index in [2.05, 4.69) is 9.97 Å². The molecule has 0 aromatic carbocycles. The fourth-order valence-electron chi connectivity index (χ4n) is 1.87. The molecule has 0 bridgehead atoms. The average molecular weight is 239 g/mol. The Kier molecular flexibility index (Phi) is 3.30. The van der Waals surface area contributed by atoms with Crippen molar-refractivity contribution in [2.24, 2.45) is 0 Å². The lowest BCUT2D eigenvalue weighted by molar-refractivity contribution is -0.0105. The molecular weight excluding hydrogens is 222 g/mol. The highest BCUT2D eigenvalue weighted by Gasteiger charge is 2.27. The van der Waals surface area contributed by atoms with Gasteiger partial charge in [-0.2, -0.15) is 9.97 Å². The number of anilines is 3. The van der Waals surface area contributed by atoms with Gasteiger partial charge in [0.25, 0.3) is 0 Å². The van der Waals surface area contributed by atoms with Crippen LogP contribution in [-0.4, -0.2) is 47.0 Å². The first kappa shape index (κ1) is 11.9. The predicted molar refractivity (Wildman–Crippen MR) is 64.5 cm³/mol. The molecular formula is C10H17N5O2. The highest BCUT2D eigenvalue weighted by molar-refractivity contribution is 5.51. The van der Waals surface area contributed by atoms with E-state index >= 15 is 0 Å². The molecule has 2 rings (SSSR count). The van der Waals surface area contributed by atoms with Gasteiger partial charge in [0.2, 0.25) is 5.95 Å². The number of rotatable bonds is 2. The molecule has 0 saturated carbocycles. The van der Waals surface area contributed by atoms with E-state index in [1.807, 2.05) is 11.8 Å². The Morgan fingerprint density at radius 1 is 1.53 bits per heavy atom. The van der Waals surface area contributed by atoms with Crippen LogP contribution >= 0.6 is 0 Å². The van der Waals surface area contributed by atoms with Crippen molar-refractivity contribution in [3.8, 4) is 0 Å². The molecule has 0 radical (unpaired) electrons. The number of ether oxygens (including phenoxy) is 1. The SMILES string of the molecule is CC1COC(CO)CN1c1cc(N)nc(N)n1. The highest BCUT2D eigenvalue weighted by atomic mass is 16.5. The fourth-order valence-corrected chi connectivity index (χ4v) is 1.87. The Morgan fingerprint density at radius 3 is 2.94 bits per heavy atom. The van der Waals surface area contributed by atoms with Crippen LogP contribution in [0.5, 0.6) is 0 Å². The molecule has 7 heteroatoms. The molecule has 0 spiro atoms. The normalized spacial score (nSPS) is 24.9. The number of morpholine rings is 1. The van der Waals surface area contributed by atoms with Crippen LogP contribution in [0.15, 0.2) is 6.07 Å². The van der Waals surface area contributed by atoms with E-state index in [1.54, 1.807) is 6.07 Å². The summed E-state index contributed by atoms with van der Waals surface area (Å²) in [6, 6.07) is 1.83. The van der Waals surface area contributed by atoms with E-state index < -0.39 is 0 Å². The van der Waals surface area contributed by atoms with Crippen molar-refractivity contribution in [1.82, 2.24) is 9.97 Å². The largest absolute Gasteiger partial charge is 0.394 e. The van der Waals surface area contributed by atoms with E-state index in [1.165, 1.54) is 0 Å². The molecule has 2 atom stereocenters. The summed E-state index contributed by atoms with van der Waals surface area (Å²) in [6.07, 6.45) is -0.205. The third-order valence-corrected chi connectivity index (χ3v) is 2.75. The van der Waals surface area contributed by atoms with Crippen LogP contribution in [0.25, 0.3) is 0 Å². The zero-order chi connectivity index (χ0) is 12.4. The van der Waals surface area contributed by atoms with Gasteiger partial charge in [-0.05, 0) is 6.92 Å². The van der Waals surface area contributed by atoms with Gasteiger partial charge in [-0.1, -0.05) is 0 Å². The van der Waals surface area contributed by atoms with Crippen molar-refractivity contribution in [3.63, 3.8) is 0 Å². The lowest BCUT2D eigenvalue weighted by atomic mass is 10.2. The minimum atomic E-state index is -0.205. The molecule has 1 aromatic heterocycles. The predicted octanol–water partition coefficient (Wildman–Crippen LogP) is -0.773. The minimum absolute atomic E-state index is 0.0146. The highest BCUT2D eigenvalue weighted by Crippen LogP contribution is 2.21. The van der Waals surface area contributed by atoms with Crippen molar-refractivity contribution in [3.05, 3.63) is 6.07 Å². The van der Waals surface area contributed by atoms with Crippen molar-refractivity contribution in [2.45, 2.75) is 19.1 Å². The Balaban J connectivity index is 2.24. The summed E-state index contributed by atoms with van der Waals surface area (Å²) in [5.41, 5.74) is 11.2. The summed E-state index contributed by atoms with van der Waals surface area (Å²) in [4.78, 5) is 10.00. The Hall–Kier alpha value is -1.60. The van der Waals surface area contributed by atoms with Gasteiger partial charge >= 0.3 is 0 Å². The number of nitrogens with two attached hydrogens (primary N) is 2. The third kappa shape index (κ3) is 2.56. The van der Waals surface area contributed by atoms with Gasteiger partial charge in [-0.25, -0.2) is 0 Å². The minimum Gasteiger partial charge on any atom is -0.394 e. The maximum absolute atomic E-state index is 9.12. The number of nitrogens with zero attached hydrogens (tertiary/aromatic N) is 3. The van der Waals surface area contributed by atoms with Crippen LogP contribution in [0.4, 0.5) is 17.6 Å². The van der Waals surface area contributed by atoms with Crippen LogP contribution < -0.4 is 16.4 Å². The molecule has 94 valence electrons. The number of aliphatic hydroxyl groups is 1. The molecule has 7 nitrogen and oxygen atoms in total. The standard InChI is InChI=1S/C10H17N5O2/c1-6-5-17-7(4-16)3-15(6)9-2-8(11)13-10(12)14-9/h2,6-7,16H,3-5H2,1H3,(H4,11,12,13,14). The maximum Gasteiger partial charge on any atom is 0.223 e. The second-order valence-electron chi connectivity index (χ2n) is 4.15. The molecule has 1 fully saturated rings. The van der Waals surface area contributed by atoms with Crippen molar-refractivity contribution in [1.29, 1.82) is 0 Å². The second-order valence-corrected chi connectivity index (χ2v) is 4.15. The first-order chi connectivity index (χ1) is 8.10. The van der Waals surface area contributed by atoms with Crippen molar-refractivity contribution < 1.29 is 9.84 Å². The Bertz CT molecular complexity index is 380. The topological polar surface area (TPSA) is 111 Å². The number of aromatic nitrogens is 2.